The number of likely N-dealkylation sites (N-methyl/N-ethyl adjacent to an activating group) is 1. The molecular weight excluding hydrogens is 242 g/mol. The van der Waals surface area contributed by atoms with Crippen molar-refractivity contribution < 1.29 is 9.59 Å². The second-order valence-electron chi connectivity index (χ2n) is 4.79. The first-order valence-electron chi connectivity index (χ1n) is 6.26. The first kappa shape index (κ1) is 11.8. The number of hydrogen-bond donors (Lipinski definition) is 1. The number of benzene rings is 1. The zero-order valence-electron chi connectivity index (χ0n) is 10.7. The number of para-hydroxylation sites is 1. The predicted octanol–water partition coefficient (Wildman–Crippen LogP) is 1.08. The fourth-order valence-corrected chi connectivity index (χ4v) is 2.37. The Morgan fingerprint density at radius 2 is 2.11 bits per heavy atom. The molecule has 2 amide bonds. The number of aromatic nitrogens is 1. The summed E-state index contributed by atoms with van der Waals surface area (Å²) in [6.45, 7) is 1.33. The van der Waals surface area contributed by atoms with Crippen molar-refractivity contribution in [2.45, 2.75) is 0 Å². The van der Waals surface area contributed by atoms with Gasteiger partial charge < -0.3 is 14.8 Å². The topological polar surface area (TPSA) is 56.4 Å². The van der Waals surface area contributed by atoms with Crippen LogP contribution in [0.5, 0.6) is 0 Å². The minimum absolute atomic E-state index is 0.0155. The molecule has 0 saturated carbocycles. The van der Waals surface area contributed by atoms with Crippen LogP contribution in [0, 0.1) is 0 Å². The molecule has 1 aliphatic rings. The van der Waals surface area contributed by atoms with E-state index in [-0.39, 0.29) is 18.4 Å². The molecule has 2 heterocycles. The summed E-state index contributed by atoms with van der Waals surface area (Å²) in [6.07, 6.45) is 1.82. The van der Waals surface area contributed by atoms with E-state index in [4.69, 9.17) is 0 Å². The molecular formula is C14H15N3O2. The molecule has 0 spiro atoms. The molecule has 0 aliphatic carbocycles. The van der Waals surface area contributed by atoms with Gasteiger partial charge in [-0.25, -0.2) is 0 Å². The van der Waals surface area contributed by atoms with E-state index in [2.05, 4.69) is 4.98 Å². The molecule has 0 atom stereocenters. The fourth-order valence-electron chi connectivity index (χ4n) is 2.37. The van der Waals surface area contributed by atoms with Crippen LogP contribution in [0.3, 0.4) is 0 Å². The van der Waals surface area contributed by atoms with Gasteiger partial charge in [-0.05, 0) is 12.1 Å². The van der Waals surface area contributed by atoms with E-state index < -0.39 is 0 Å². The SMILES string of the molecule is CN1CCN(C(=O)c2cccc3cc[nH]c23)CC1=O. The zero-order valence-corrected chi connectivity index (χ0v) is 10.7. The number of hydrogen-bond acceptors (Lipinski definition) is 2. The molecule has 0 bridgehead atoms. The Bertz CT molecular complexity index is 647. The second kappa shape index (κ2) is 4.42. The van der Waals surface area contributed by atoms with Gasteiger partial charge in [-0.1, -0.05) is 12.1 Å². The Balaban J connectivity index is 1.92. The Hall–Kier alpha value is -2.30. The molecule has 1 aliphatic heterocycles. The lowest BCUT2D eigenvalue weighted by atomic mass is 10.1. The van der Waals surface area contributed by atoms with Crippen LogP contribution in [0.2, 0.25) is 0 Å². The quantitative estimate of drug-likeness (QED) is 0.831. The van der Waals surface area contributed by atoms with Crippen LogP contribution in [0.25, 0.3) is 10.9 Å². The molecule has 1 saturated heterocycles. The lowest BCUT2D eigenvalue weighted by Gasteiger charge is -2.32. The van der Waals surface area contributed by atoms with E-state index in [9.17, 15) is 9.59 Å². The third-order valence-corrected chi connectivity index (χ3v) is 3.56. The van der Waals surface area contributed by atoms with Crippen LogP contribution in [-0.2, 0) is 4.79 Å². The first-order valence-corrected chi connectivity index (χ1v) is 6.26. The highest BCUT2D eigenvalue weighted by Crippen LogP contribution is 2.19. The molecule has 0 unspecified atom stereocenters. The normalized spacial score (nSPS) is 16.2. The van der Waals surface area contributed by atoms with Crippen molar-refractivity contribution in [3.63, 3.8) is 0 Å². The number of piperazine rings is 1. The number of aromatic amines is 1. The van der Waals surface area contributed by atoms with Gasteiger partial charge in [0.2, 0.25) is 5.91 Å². The zero-order chi connectivity index (χ0) is 13.4. The van der Waals surface area contributed by atoms with Gasteiger partial charge in [0.1, 0.15) is 6.54 Å². The molecule has 3 rings (SSSR count). The van der Waals surface area contributed by atoms with Crippen LogP contribution >= 0.6 is 0 Å². The van der Waals surface area contributed by atoms with Crippen molar-refractivity contribution in [2.24, 2.45) is 0 Å². The average Bonchev–Trinajstić information content (AvgIpc) is 2.89. The molecule has 2 aromatic rings. The van der Waals surface area contributed by atoms with Gasteiger partial charge in [-0.2, -0.15) is 0 Å². The maximum Gasteiger partial charge on any atom is 0.256 e. The van der Waals surface area contributed by atoms with Crippen molar-refractivity contribution >= 4 is 22.7 Å². The second-order valence-corrected chi connectivity index (χ2v) is 4.79. The minimum atomic E-state index is -0.0884. The van der Waals surface area contributed by atoms with E-state index in [1.54, 1.807) is 22.9 Å². The molecule has 1 aromatic heterocycles. The van der Waals surface area contributed by atoms with Crippen LogP contribution in [0.1, 0.15) is 10.4 Å². The average molecular weight is 257 g/mol. The number of nitrogens with zero attached hydrogens (tertiary/aromatic N) is 2. The molecule has 98 valence electrons. The van der Waals surface area contributed by atoms with E-state index in [1.807, 2.05) is 24.4 Å². The minimum Gasteiger partial charge on any atom is -0.361 e. The molecule has 1 aromatic carbocycles. The number of carbonyl (C=O) groups excluding carboxylic acids is 2. The van der Waals surface area contributed by atoms with Gasteiger partial charge >= 0.3 is 0 Å². The van der Waals surface area contributed by atoms with Gasteiger partial charge in [0.05, 0.1) is 11.1 Å². The lowest BCUT2D eigenvalue weighted by Crippen LogP contribution is -2.50. The highest BCUT2D eigenvalue weighted by atomic mass is 16.2. The molecule has 1 fully saturated rings. The molecule has 5 nitrogen and oxygen atoms in total. The highest BCUT2D eigenvalue weighted by molar-refractivity contribution is 6.06. The van der Waals surface area contributed by atoms with Crippen LogP contribution in [0.4, 0.5) is 0 Å². The van der Waals surface area contributed by atoms with Gasteiger partial charge in [0.15, 0.2) is 0 Å². The summed E-state index contributed by atoms with van der Waals surface area (Å²) in [4.78, 5) is 30.5. The van der Waals surface area contributed by atoms with E-state index in [1.165, 1.54) is 0 Å². The Morgan fingerprint density at radius 3 is 2.89 bits per heavy atom. The van der Waals surface area contributed by atoms with Gasteiger partial charge in [-0.3, -0.25) is 9.59 Å². The largest absolute Gasteiger partial charge is 0.361 e. The van der Waals surface area contributed by atoms with Crippen LogP contribution in [-0.4, -0.2) is 53.3 Å². The molecule has 19 heavy (non-hydrogen) atoms. The number of nitrogens with one attached hydrogen (secondary N) is 1. The van der Waals surface area contributed by atoms with Crippen molar-refractivity contribution in [3.05, 3.63) is 36.0 Å². The third kappa shape index (κ3) is 1.97. The summed E-state index contributed by atoms with van der Waals surface area (Å²) in [5, 5.41) is 1.01. The van der Waals surface area contributed by atoms with Crippen molar-refractivity contribution in [1.29, 1.82) is 0 Å². The van der Waals surface area contributed by atoms with E-state index >= 15 is 0 Å². The fraction of sp³-hybridized carbons (Fsp3) is 0.286. The smallest absolute Gasteiger partial charge is 0.256 e. The number of carbonyl (C=O) groups is 2. The number of amides is 2. The lowest BCUT2D eigenvalue weighted by molar-refractivity contribution is -0.133. The Morgan fingerprint density at radius 1 is 1.26 bits per heavy atom. The van der Waals surface area contributed by atoms with Crippen LogP contribution in [0.15, 0.2) is 30.5 Å². The number of fused-ring (bicyclic) bond motifs is 1. The standard InChI is InChI=1S/C14H15N3O2/c1-16-7-8-17(9-12(16)18)14(19)11-4-2-3-10-5-6-15-13(10)11/h2-6,15H,7-9H2,1H3. The first-order chi connectivity index (χ1) is 9.16. The van der Waals surface area contributed by atoms with Crippen molar-refractivity contribution in [2.75, 3.05) is 26.7 Å². The summed E-state index contributed by atoms with van der Waals surface area (Å²) < 4.78 is 0. The third-order valence-electron chi connectivity index (χ3n) is 3.56. The number of rotatable bonds is 1. The summed E-state index contributed by atoms with van der Waals surface area (Å²) in [5.41, 5.74) is 1.46. The van der Waals surface area contributed by atoms with Crippen molar-refractivity contribution in [3.8, 4) is 0 Å². The highest BCUT2D eigenvalue weighted by Gasteiger charge is 2.26. The van der Waals surface area contributed by atoms with E-state index in [0.717, 1.165) is 10.9 Å². The van der Waals surface area contributed by atoms with Gasteiger partial charge in [0, 0.05) is 31.7 Å². The summed E-state index contributed by atoms with van der Waals surface area (Å²) >= 11 is 0. The number of H-pyrrole nitrogens is 1. The summed E-state index contributed by atoms with van der Waals surface area (Å²) in [7, 11) is 1.76. The molecule has 1 N–H and O–H groups in total. The Kier molecular flexibility index (Phi) is 2.74. The summed E-state index contributed by atoms with van der Waals surface area (Å²) in [5.74, 6) is -0.104. The van der Waals surface area contributed by atoms with Gasteiger partial charge in [0.25, 0.3) is 5.91 Å². The van der Waals surface area contributed by atoms with Crippen molar-refractivity contribution in [1.82, 2.24) is 14.8 Å². The summed E-state index contributed by atoms with van der Waals surface area (Å²) in [6, 6.07) is 7.55. The van der Waals surface area contributed by atoms with E-state index in [0.29, 0.717) is 18.7 Å². The Labute approximate surface area is 110 Å². The monoisotopic (exact) mass is 257 g/mol. The maximum absolute atomic E-state index is 12.5. The maximum atomic E-state index is 12.5. The predicted molar refractivity (Wildman–Crippen MR) is 71.8 cm³/mol. The molecule has 0 radical (unpaired) electrons. The molecule has 5 heteroatoms. The van der Waals surface area contributed by atoms with Crippen LogP contribution < -0.4 is 0 Å². The van der Waals surface area contributed by atoms with Gasteiger partial charge in [-0.15, -0.1) is 0 Å².